The second kappa shape index (κ2) is 8.76. The fourth-order valence-corrected chi connectivity index (χ4v) is 5.63. The van der Waals surface area contributed by atoms with Crippen molar-refractivity contribution in [1.82, 2.24) is 8.87 Å². The number of rotatable bonds is 5. The van der Waals surface area contributed by atoms with Crippen molar-refractivity contribution in [3.63, 3.8) is 0 Å². The summed E-state index contributed by atoms with van der Waals surface area (Å²) >= 11 is 0. The number of aromatic nitrogens is 1. The normalized spacial score (nSPS) is 15.7. The highest BCUT2D eigenvalue weighted by atomic mass is 32.2. The van der Waals surface area contributed by atoms with Crippen LogP contribution in [0.2, 0.25) is 0 Å². The van der Waals surface area contributed by atoms with Crippen molar-refractivity contribution >= 4 is 32.9 Å². The molecule has 1 saturated heterocycles. The number of aliphatic carboxylic acids is 1. The van der Waals surface area contributed by atoms with Gasteiger partial charge in [0.15, 0.2) is 0 Å². The average molecular weight is 457 g/mol. The largest absolute Gasteiger partial charge is 0.473 e. The number of benzene rings is 2. The molecule has 0 spiro atoms. The molecule has 1 aliphatic rings. The predicted molar refractivity (Wildman–Crippen MR) is 119 cm³/mol. The van der Waals surface area contributed by atoms with Crippen LogP contribution >= 0.6 is 0 Å². The number of ether oxygens (including phenoxy) is 1. The van der Waals surface area contributed by atoms with Gasteiger partial charge >= 0.3 is 11.9 Å². The third-order valence-corrected chi connectivity index (χ3v) is 7.41. The maximum absolute atomic E-state index is 13.3. The lowest BCUT2D eigenvalue weighted by atomic mass is 9.89. The molecule has 1 aromatic heterocycles. The maximum Gasteiger partial charge on any atom is 0.422 e. The fourth-order valence-electron chi connectivity index (χ4n) is 4.15. The highest BCUT2D eigenvalue weighted by Crippen LogP contribution is 2.37. The lowest BCUT2D eigenvalue weighted by Gasteiger charge is -2.28. The van der Waals surface area contributed by atoms with E-state index < -0.39 is 22.0 Å². The van der Waals surface area contributed by atoms with Crippen LogP contribution in [-0.2, 0) is 25.4 Å². The summed E-state index contributed by atoms with van der Waals surface area (Å²) in [5, 5.41) is 9.47. The quantitative estimate of drug-likeness (QED) is 0.357. The van der Waals surface area contributed by atoms with Gasteiger partial charge in [0.25, 0.3) is 0 Å². The summed E-state index contributed by atoms with van der Waals surface area (Å²) in [6.07, 6.45) is 3.41. The summed E-state index contributed by atoms with van der Waals surface area (Å²) < 4.78 is 32.8. The SMILES string of the molecule is CN1CCC(c2cn(S(=O)(=O)Cc3ccccc3)c3ccc(OC(=O)C(=O)O)cc23)CC1. The molecule has 0 unspecified atom stereocenters. The van der Waals surface area contributed by atoms with Gasteiger partial charge in [-0.15, -0.1) is 0 Å². The molecule has 2 aromatic carbocycles. The van der Waals surface area contributed by atoms with E-state index in [1.54, 1.807) is 42.6 Å². The minimum absolute atomic E-state index is 0.0669. The minimum Gasteiger partial charge on any atom is -0.473 e. The molecule has 0 saturated carbocycles. The Bertz CT molecular complexity index is 1260. The van der Waals surface area contributed by atoms with Gasteiger partial charge < -0.3 is 14.7 Å². The van der Waals surface area contributed by atoms with Crippen molar-refractivity contribution in [3.05, 3.63) is 65.9 Å². The number of carboxylic acid groups (broad SMARTS) is 1. The lowest BCUT2D eigenvalue weighted by Crippen LogP contribution is -2.29. The maximum atomic E-state index is 13.3. The second-order valence-electron chi connectivity index (χ2n) is 8.07. The van der Waals surface area contributed by atoms with Crippen LogP contribution in [0.4, 0.5) is 0 Å². The van der Waals surface area contributed by atoms with Crippen LogP contribution in [0.25, 0.3) is 10.9 Å². The lowest BCUT2D eigenvalue weighted by molar-refractivity contribution is -0.158. The Morgan fingerprint density at radius 3 is 2.44 bits per heavy atom. The Labute approximate surface area is 186 Å². The van der Waals surface area contributed by atoms with Crippen molar-refractivity contribution in [3.8, 4) is 5.75 Å². The van der Waals surface area contributed by atoms with Crippen LogP contribution in [0.5, 0.6) is 5.75 Å². The summed E-state index contributed by atoms with van der Waals surface area (Å²) in [4.78, 5) is 24.6. The van der Waals surface area contributed by atoms with Crippen molar-refractivity contribution in [2.75, 3.05) is 20.1 Å². The number of hydrogen-bond acceptors (Lipinski definition) is 6. The molecule has 3 aromatic rings. The first-order valence-corrected chi connectivity index (χ1v) is 11.9. The van der Waals surface area contributed by atoms with Gasteiger partial charge in [0.05, 0.1) is 11.3 Å². The molecule has 1 aliphatic heterocycles. The van der Waals surface area contributed by atoms with E-state index in [1.165, 1.54) is 10.0 Å². The van der Waals surface area contributed by atoms with E-state index in [1.807, 2.05) is 13.1 Å². The van der Waals surface area contributed by atoms with Gasteiger partial charge in [0, 0.05) is 11.6 Å². The average Bonchev–Trinajstić information content (AvgIpc) is 3.14. The fraction of sp³-hybridized carbons (Fsp3) is 0.304. The molecule has 4 rings (SSSR count). The molecule has 0 aliphatic carbocycles. The third-order valence-electron chi connectivity index (χ3n) is 5.81. The number of esters is 1. The minimum atomic E-state index is -3.71. The summed E-state index contributed by atoms with van der Waals surface area (Å²) in [6.45, 7) is 1.78. The third kappa shape index (κ3) is 4.53. The highest BCUT2D eigenvalue weighted by molar-refractivity contribution is 7.89. The van der Waals surface area contributed by atoms with E-state index >= 15 is 0 Å². The zero-order valence-electron chi connectivity index (χ0n) is 17.6. The topological polar surface area (TPSA) is 106 Å². The molecule has 1 fully saturated rings. The molecule has 168 valence electrons. The molecular weight excluding hydrogens is 432 g/mol. The Hall–Kier alpha value is -3.17. The molecule has 0 radical (unpaired) electrons. The van der Waals surface area contributed by atoms with Crippen molar-refractivity contribution in [2.24, 2.45) is 0 Å². The molecule has 0 atom stereocenters. The summed E-state index contributed by atoms with van der Waals surface area (Å²) in [6, 6.07) is 13.5. The van der Waals surface area contributed by atoms with E-state index in [2.05, 4.69) is 4.90 Å². The van der Waals surface area contributed by atoms with Gasteiger partial charge in [-0.2, -0.15) is 0 Å². The smallest absolute Gasteiger partial charge is 0.422 e. The van der Waals surface area contributed by atoms with Gasteiger partial charge in [-0.25, -0.2) is 22.0 Å². The first-order chi connectivity index (χ1) is 15.2. The van der Waals surface area contributed by atoms with Crippen LogP contribution in [-0.4, -0.2) is 54.5 Å². The van der Waals surface area contributed by atoms with Crippen LogP contribution < -0.4 is 4.74 Å². The molecule has 8 nitrogen and oxygen atoms in total. The first kappa shape index (κ1) is 22.0. The number of piperidine rings is 1. The van der Waals surface area contributed by atoms with Crippen molar-refractivity contribution in [1.29, 1.82) is 0 Å². The molecule has 1 N–H and O–H groups in total. The Morgan fingerprint density at radius 2 is 1.78 bits per heavy atom. The van der Waals surface area contributed by atoms with E-state index in [0.29, 0.717) is 16.5 Å². The number of likely N-dealkylation sites (tertiary alicyclic amines) is 1. The monoisotopic (exact) mass is 456 g/mol. The predicted octanol–water partition coefficient (Wildman–Crippen LogP) is 2.82. The van der Waals surface area contributed by atoms with Gasteiger partial charge in [-0.1, -0.05) is 30.3 Å². The Kier molecular flexibility index (Phi) is 6.03. The summed E-state index contributed by atoms with van der Waals surface area (Å²) in [5.74, 6) is -3.02. The number of carboxylic acids is 1. The zero-order valence-corrected chi connectivity index (χ0v) is 18.4. The Morgan fingerprint density at radius 1 is 1.09 bits per heavy atom. The molecule has 9 heteroatoms. The van der Waals surface area contributed by atoms with E-state index in [4.69, 9.17) is 9.84 Å². The van der Waals surface area contributed by atoms with Gasteiger partial charge in [-0.3, -0.25) is 0 Å². The summed E-state index contributed by atoms with van der Waals surface area (Å²) in [5.41, 5.74) is 2.02. The number of carbonyl (C=O) groups is 2. The molecule has 0 bridgehead atoms. The number of carbonyl (C=O) groups excluding carboxylic acids is 1. The van der Waals surface area contributed by atoms with Crippen LogP contribution in [0.1, 0.15) is 29.9 Å². The molecular formula is C23H24N2O6S. The Balaban J connectivity index is 1.79. The molecule has 2 heterocycles. The van der Waals surface area contributed by atoms with Gasteiger partial charge in [0.1, 0.15) is 5.75 Å². The van der Waals surface area contributed by atoms with E-state index in [-0.39, 0.29) is 17.4 Å². The van der Waals surface area contributed by atoms with Crippen LogP contribution in [0.15, 0.2) is 54.7 Å². The van der Waals surface area contributed by atoms with E-state index in [0.717, 1.165) is 31.5 Å². The zero-order chi connectivity index (χ0) is 22.9. The molecule has 0 amide bonds. The second-order valence-corrected chi connectivity index (χ2v) is 9.92. The van der Waals surface area contributed by atoms with Crippen LogP contribution in [0.3, 0.4) is 0 Å². The number of nitrogens with zero attached hydrogens (tertiary/aromatic N) is 2. The summed E-state index contributed by atoms with van der Waals surface area (Å²) in [7, 11) is -1.66. The number of hydrogen-bond donors (Lipinski definition) is 1. The van der Waals surface area contributed by atoms with Crippen molar-refractivity contribution in [2.45, 2.75) is 24.5 Å². The highest BCUT2D eigenvalue weighted by Gasteiger charge is 2.26. The standard InChI is InChI=1S/C23H24N2O6S/c1-24-11-9-17(10-12-24)20-14-25(32(29,30)15-16-5-3-2-4-6-16)21-8-7-18(13-19(20)21)31-23(28)22(26)27/h2-8,13-14,17H,9-12,15H2,1H3,(H,26,27). The van der Waals surface area contributed by atoms with Crippen LogP contribution in [0, 0.1) is 0 Å². The molecule has 32 heavy (non-hydrogen) atoms. The van der Waals surface area contributed by atoms with Crippen molar-refractivity contribution < 1.29 is 27.9 Å². The number of fused-ring (bicyclic) bond motifs is 1. The first-order valence-electron chi connectivity index (χ1n) is 10.3. The van der Waals surface area contributed by atoms with E-state index in [9.17, 15) is 18.0 Å². The van der Waals surface area contributed by atoms with Gasteiger partial charge in [0.2, 0.25) is 10.0 Å². The van der Waals surface area contributed by atoms with Gasteiger partial charge in [-0.05, 0) is 68.2 Å².